The number of unbranched alkanes of at least 4 members (excludes halogenated alkanes) is 1. The normalized spacial score (nSPS) is 17.8. The maximum Gasteiger partial charge on any atom is 0.342 e. The minimum atomic E-state index is -3.12. The van der Waals surface area contributed by atoms with Crippen LogP contribution in [-0.2, 0) is 19.4 Å². The fraction of sp³-hybridized carbons (Fsp3) is 0.579. The average Bonchev–Trinajstić information content (AvgIpc) is 3.04. The monoisotopic (exact) mass is 413 g/mol. The van der Waals surface area contributed by atoms with E-state index in [2.05, 4.69) is 0 Å². The zero-order chi connectivity index (χ0) is 20.7. The van der Waals surface area contributed by atoms with Crippen molar-refractivity contribution in [1.29, 1.82) is 0 Å². The molecule has 0 bridgehead atoms. The van der Waals surface area contributed by atoms with Crippen LogP contribution in [0.5, 0.6) is 11.5 Å². The van der Waals surface area contributed by atoms with E-state index in [-0.39, 0.29) is 28.9 Å². The van der Waals surface area contributed by atoms with Crippen molar-refractivity contribution in [2.24, 2.45) is 0 Å². The van der Waals surface area contributed by atoms with Gasteiger partial charge in [0.15, 0.2) is 27.9 Å². The fourth-order valence-electron chi connectivity index (χ4n) is 3.20. The first kappa shape index (κ1) is 22.0. The molecule has 1 heterocycles. The number of carbonyl (C=O) groups excluding carboxylic acids is 2. The molecule has 0 unspecified atom stereocenters. The lowest BCUT2D eigenvalue weighted by molar-refractivity contribution is -0.136. The lowest BCUT2D eigenvalue weighted by Gasteiger charge is -2.28. The third-order valence-electron chi connectivity index (χ3n) is 4.67. The van der Waals surface area contributed by atoms with Gasteiger partial charge in [-0.25, -0.2) is 13.2 Å². The summed E-state index contributed by atoms with van der Waals surface area (Å²) >= 11 is 0. The number of carbonyl (C=O) groups is 2. The van der Waals surface area contributed by atoms with Gasteiger partial charge in [0.1, 0.15) is 5.56 Å². The maximum atomic E-state index is 12.7. The molecule has 1 amide bonds. The van der Waals surface area contributed by atoms with Gasteiger partial charge in [0, 0.05) is 12.6 Å². The summed E-state index contributed by atoms with van der Waals surface area (Å²) in [5.74, 6) is -0.463. The van der Waals surface area contributed by atoms with E-state index in [9.17, 15) is 18.0 Å². The van der Waals surface area contributed by atoms with E-state index in [4.69, 9.17) is 14.2 Å². The molecule has 1 aromatic rings. The van der Waals surface area contributed by atoms with E-state index in [1.165, 1.54) is 25.2 Å². The molecule has 1 fully saturated rings. The van der Waals surface area contributed by atoms with Crippen LogP contribution in [0.4, 0.5) is 0 Å². The molecule has 0 N–H and O–H groups in total. The molecule has 0 radical (unpaired) electrons. The molecule has 0 saturated carbocycles. The lowest BCUT2D eigenvalue weighted by Crippen LogP contribution is -2.43. The van der Waals surface area contributed by atoms with Gasteiger partial charge in [-0.2, -0.15) is 0 Å². The molecule has 1 aromatic carbocycles. The van der Waals surface area contributed by atoms with Gasteiger partial charge >= 0.3 is 5.97 Å². The van der Waals surface area contributed by atoms with Crippen LogP contribution >= 0.6 is 0 Å². The molecule has 9 heteroatoms. The molecule has 1 aliphatic rings. The SMILES string of the molecule is CCCCN(C(=O)COC(=O)c1cccc(OC)c1OC)[C@H]1CCS(=O)(=O)C1. The number of hydrogen-bond donors (Lipinski definition) is 0. The van der Waals surface area contributed by atoms with Gasteiger partial charge in [-0.15, -0.1) is 0 Å². The highest BCUT2D eigenvalue weighted by molar-refractivity contribution is 7.91. The van der Waals surface area contributed by atoms with E-state index in [1.54, 1.807) is 12.1 Å². The van der Waals surface area contributed by atoms with E-state index in [0.29, 0.717) is 18.7 Å². The van der Waals surface area contributed by atoms with Crippen molar-refractivity contribution in [3.8, 4) is 11.5 Å². The Bertz CT molecular complexity index is 807. The summed E-state index contributed by atoms with van der Waals surface area (Å²) in [6.07, 6.45) is 2.03. The van der Waals surface area contributed by atoms with Crippen LogP contribution in [0.2, 0.25) is 0 Å². The molecule has 28 heavy (non-hydrogen) atoms. The summed E-state index contributed by atoms with van der Waals surface area (Å²) in [5.41, 5.74) is 0.151. The number of hydrogen-bond acceptors (Lipinski definition) is 7. The zero-order valence-electron chi connectivity index (χ0n) is 16.5. The van der Waals surface area contributed by atoms with Crippen molar-refractivity contribution < 1.29 is 32.2 Å². The Hall–Kier alpha value is -2.29. The van der Waals surface area contributed by atoms with Gasteiger partial charge in [-0.3, -0.25) is 4.79 Å². The Morgan fingerprint density at radius 2 is 1.96 bits per heavy atom. The van der Waals surface area contributed by atoms with Crippen molar-refractivity contribution in [3.05, 3.63) is 23.8 Å². The number of amides is 1. The molecule has 0 aliphatic carbocycles. The third kappa shape index (κ3) is 5.37. The van der Waals surface area contributed by atoms with E-state index in [1.807, 2.05) is 6.92 Å². The van der Waals surface area contributed by atoms with Crippen molar-refractivity contribution in [2.75, 3.05) is 38.9 Å². The molecule has 1 aliphatic heterocycles. The quantitative estimate of drug-likeness (QED) is 0.568. The Labute approximate surface area is 165 Å². The second kappa shape index (κ2) is 9.77. The van der Waals surface area contributed by atoms with Gasteiger partial charge in [0.2, 0.25) is 0 Å². The number of para-hydroxylation sites is 1. The summed E-state index contributed by atoms with van der Waals surface area (Å²) in [7, 11) is -0.256. The molecular weight excluding hydrogens is 386 g/mol. The van der Waals surface area contributed by atoms with Crippen LogP contribution in [0.15, 0.2) is 18.2 Å². The second-order valence-electron chi connectivity index (χ2n) is 6.61. The largest absolute Gasteiger partial charge is 0.493 e. The number of esters is 1. The predicted octanol–water partition coefficient (Wildman–Crippen LogP) is 1.68. The van der Waals surface area contributed by atoms with Gasteiger partial charge in [-0.05, 0) is 25.0 Å². The average molecular weight is 413 g/mol. The maximum absolute atomic E-state index is 12.7. The van der Waals surface area contributed by atoms with Crippen LogP contribution in [0.25, 0.3) is 0 Å². The summed E-state index contributed by atoms with van der Waals surface area (Å²) in [4.78, 5) is 26.6. The van der Waals surface area contributed by atoms with Gasteiger partial charge in [-0.1, -0.05) is 19.4 Å². The highest BCUT2D eigenvalue weighted by atomic mass is 32.2. The number of sulfone groups is 1. The van der Waals surface area contributed by atoms with Crippen molar-refractivity contribution >= 4 is 21.7 Å². The standard InChI is InChI=1S/C19H27NO7S/c1-4-5-10-20(14-9-11-28(23,24)13-14)17(21)12-27-19(22)15-7-6-8-16(25-2)18(15)26-3/h6-8,14H,4-5,9-13H2,1-3H3/t14-/m0/s1. The van der Waals surface area contributed by atoms with Crippen LogP contribution in [-0.4, -0.2) is 70.1 Å². The summed E-state index contributed by atoms with van der Waals surface area (Å²) in [5, 5.41) is 0. The number of methoxy groups -OCH3 is 2. The first-order valence-corrected chi connectivity index (χ1v) is 11.0. The molecule has 8 nitrogen and oxygen atoms in total. The first-order valence-electron chi connectivity index (χ1n) is 9.21. The number of nitrogens with zero attached hydrogens (tertiary/aromatic N) is 1. The summed E-state index contributed by atoms with van der Waals surface area (Å²) in [6, 6.07) is 4.42. The van der Waals surface area contributed by atoms with Crippen LogP contribution in [0.1, 0.15) is 36.5 Å². The topological polar surface area (TPSA) is 99.2 Å². The minimum absolute atomic E-state index is 0.0416. The molecule has 0 spiro atoms. The van der Waals surface area contributed by atoms with E-state index >= 15 is 0 Å². The first-order chi connectivity index (χ1) is 13.3. The minimum Gasteiger partial charge on any atom is -0.493 e. The van der Waals surface area contributed by atoms with E-state index in [0.717, 1.165) is 12.8 Å². The third-order valence-corrected chi connectivity index (χ3v) is 6.42. The van der Waals surface area contributed by atoms with Crippen molar-refractivity contribution in [2.45, 2.75) is 32.2 Å². The van der Waals surface area contributed by atoms with Gasteiger partial charge in [0.05, 0.1) is 25.7 Å². The van der Waals surface area contributed by atoms with Crippen LogP contribution in [0, 0.1) is 0 Å². The number of rotatable bonds is 9. The van der Waals surface area contributed by atoms with Gasteiger partial charge < -0.3 is 19.1 Å². The van der Waals surface area contributed by atoms with Crippen molar-refractivity contribution in [1.82, 2.24) is 4.90 Å². The van der Waals surface area contributed by atoms with E-state index < -0.39 is 28.3 Å². The summed E-state index contributed by atoms with van der Waals surface area (Å²) < 4.78 is 39.1. The highest BCUT2D eigenvalue weighted by Gasteiger charge is 2.34. The molecule has 1 atom stereocenters. The molecule has 1 saturated heterocycles. The zero-order valence-corrected chi connectivity index (χ0v) is 17.3. The Morgan fingerprint density at radius 1 is 1.21 bits per heavy atom. The Balaban J connectivity index is 2.07. The summed E-state index contributed by atoms with van der Waals surface area (Å²) in [6.45, 7) is 1.97. The molecule has 156 valence electrons. The van der Waals surface area contributed by atoms with Crippen LogP contribution < -0.4 is 9.47 Å². The lowest BCUT2D eigenvalue weighted by atomic mass is 10.2. The van der Waals surface area contributed by atoms with Gasteiger partial charge in [0.25, 0.3) is 5.91 Å². The fourth-order valence-corrected chi connectivity index (χ4v) is 4.93. The smallest absolute Gasteiger partial charge is 0.342 e. The van der Waals surface area contributed by atoms with Crippen LogP contribution in [0.3, 0.4) is 0 Å². The molecule has 0 aromatic heterocycles. The van der Waals surface area contributed by atoms with Crippen molar-refractivity contribution in [3.63, 3.8) is 0 Å². The molecular formula is C19H27NO7S. The number of ether oxygens (including phenoxy) is 3. The second-order valence-corrected chi connectivity index (χ2v) is 8.84. The number of benzene rings is 1. The predicted molar refractivity (Wildman–Crippen MR) is 104 cm³/mol. The Kier molecular flexibility index (Phi) is 7.68. The molecule has 2 rings (SSSR count). The Morgan fingerprint density at radius 3 is 2.54 bits per heavy atom. The highest BCUT2D eigenvalue weighted by Crippen LogP contribution is 2.31.